The maximum Gasteiger partial charge on any atom is 0.335 e. The predicted molar refractivity (Wildman–Crippen MR) is 52.5 cm³/mol. The first-order valence-corrected chi connectivity index (χ1v) is 4.57. The van der Waals surface area contributed by atoms with Crippen molar-refractivity contribution in [3.05, 3.63) is 12.2 Å². The van der Waals surface area contributed by atoms with Gasteiger partial charge in [-0.3, -0.25) is 4.79 Å². The number of carboxylic acid groups (broad SMARTS) is 1. The third-order valence-corrected chi connectivity index (χ3v) is 2.06. The summed E-state index contributed by atoms with van der Waals surface area (Å²) in [5.41, 5.74) is -0.172. The van der Waals surface area contributed by atoms with Gasteiger partial charge in [-0.1, -0.05) is 18.2 Å². The maximum atomic E-state index is 11.1. The molecular weight excluding hydrogens is 231 g/mol. The van der Waals surface area contributed by atoms with Crippen LogP contribution in [0.5, 0.6) is 0 Å². The molecule has 0 saturated carbocycles. The van der Waals surface area contributed by atoms with Gasteiger partial charge in [0.1, 0.15) is 0 Å². The van der Waals surface area contributed by atoms with Crippen molar-refractivity contribution in [3.8, 4) is 0 Å². The highest BCUT2D eigenvalue weighted by Gasteiger charge is 2.26. The summed E-state index contributed by atoms with van der Waals surface area (Å²) in [5, 5.41) is 7.03. The number of hydrogen-bond donors (Lipinski definition) is 1. The van der Waals surface area contributed by atoms with Crippen molar-refractivity contribution in [2.24, 2.45) is 0 Å². The minimum absolute atomic E-state index is 0.0966. The Kier molecular flexibility index (Phi) is 4.94. The molecule has 14 heavy (non-hydrogen) atoms. The Morgan fingerprint density at radius 3 is 2.43 bits per heavy atom. The SMILES string of the molecule is C=C(CC(=O)O)C(=O)OC(C)(Cl)CCl. The van der Waals surface area contributed by atoms with Crippen LogP contribution in [0.25, 0.3) is 0 Å². The summed E-state index contributed by atoms with van der Waals surface area (Å²) >= 11 is 11.0. The number of ether oxygens (including phenoxy) is 1. The second-order valence-corrected chi connectivity index (χ2v) is 3.87. The van der Waals surface area contributed by atoms with Crippen LogP contribution < -0.4 is 0 Å². The molecular formula is C8H10Cl2O4. The highest BCUT2D eigenvalue weighted by Crippen LogP contribution is 2.19. The largest absolute Gasteiger partial charge is 0.481 e. The number of rotatable bonds is 5. The zero-order valence-corrected chi connectivity index (χ0v) is 9.06. The minimum Gasteiger partial charge on any atom is -0.481 e. The number of carbonyl (C=O) groups is 2. The van der Waals surface area contributed by atoms with E-state index in [0.717, 1.165) is 0 Å². The Morgan fingerprint density at radius 1 is 1.57 bits per heavy atom. The Labute approximate surface area is 91.4 Å². The van der Waals surface area contributed by atoms with Gasteiger partial charge >= 0.3 is 11.9 Å². The van der Waals surface area contributed by atoms with Crippen molar-refractivity contribution in [2.45, 2.75) is 18.4 Å². The molecule has 0 aromatic carbocycles. The van der Waals surface area contributed by atoms with E-state index < -0.39 is 23.4 Å². The second kappa shape index (κ2) is 5.22. The summed E-state index contributed by atoms with van der Waals surface area (Å²) in [6.45, 7) is 4.65. The first-order valence-electron chi connectivity index (χ1n) is 3.66. The Bertz CT molecular complexity index is 260. The Hall–Kier alpha value is -0.740. The number of aliphatic carboxylic acids is 1. The maximum absolute atomic E-state index is 11.1. The first kappa shape index (κ1) is 13.3. The fraction of sp³-hybridized carbons (Fsp3) is 0.500. The third-order valence-electron chi connectivity index (χ3n) is 1.20. The lowest BCUT2D eigenvalue weighted by atomic mass is 10.2. The number of carbonyl (C=O) groups excluding carboxylic acids is 1. The highest BCUT2D eigenvalue weighted by molar-refractivity contribution is 6.30. The van der Waals surface area contributed by atoms with Crippen LogP contribution in [0.15, 0.2) is 12.2 Å². The molecule has 0 rings (SSSR count). The van der Waals surface area contributed by atoms with Crippen molar-refractivity contribution in [1.29, 1.82) is 0 Å². The number of carboxylic acids is 1. The van der Waals surface area contributed by atoms with E-state index in [1.165, 1.54) is 6.92 Å². The Balaban J connectivity index is 4.22. The molecule has 0 bridgehead atoms. The average Bonchev–Trinajstić information content (AvgIpc) is 2.02. The number of esters is 1. The molecule has 0 fully saturated rings. The average molecular weight is 241 g/mol. The lowest BCUT2D eigenvalue weighted by Gasteiger charge is -2.19. The molecule has 1 atom stereocenters. The molecule has 1 unspecified atom stereocenters. The van der Waals surface area contributed by atoms with Crippen LogP contribution in [-0.2, 0) is 14.3 Å². The number of alkyl halides is 2. The second-order valence-electron chi connectivity index (χ2n) is 2.80. The Morgan fingerprint density at radius 2 is 2.07 bits per heavy atom. The van der Waals surface area contributed by atoms with Crippen LogP contribution in [0.3, 0.4) is 0 Å². The molecule has 0 aliphatic rings. The van der Waals surface area contributed by atoms with Gasteiger partial charge in [-0.05, 0) is 6.92 Å². The summed E-state index contributed by atoms with van der Waals surface area (Å²) in [7, 11) is 0. The van der Waals surface area contributed by atoms with Crippen LogP contribution in [0.1, 0.15) is 13.3 Å². The van der Waals surface area contributed by atoms with Gasteiger partial charge in [-0.25, -0.2) is 4.79 Å². The van der Waals surface area contributed by atoms with Gasteiger partial charge in [-0.2, -0.15) is 0 Å². The van der Waals surface area contributed by atoms with E-state index in [1.807, 2.05) is 0 Å². The normalized spacial score (nSPS) is 14.2. The predicted octanol–water partition coefficient (Wildman–Crippen LogP) is 1.75. The van der Waals surface area contributed by atoms with E-state index in [-0.39, 0.29) is 11.5 Å². The molecule has 0 amide bonds. The van der Waals surface area contributed by atoms with Crippen molar-refractivity contribution in [1.82, 2.24) is 0 Å². The molecule has 0 spiro atoms. The smallest absolute Gasteiger partial charge is 0.335 e. The van der Waals surface area contributed by atoms with Gasteiger partial charge in [0.15, 0.2) is 5.06 Å². The van der Waals surface area contributed by atoms with Gasteiger partial charge in [0.05, 0.1) is 12.3 Å². The zero-order valence-electron chi connectivity index (χ0n) is 7.55. The lowest BCUT2D eigenvalue weighted by Crippen LogP contribution is -2.28. The monoisotopic (exact) mass is 240 g/mol. The summed E-state index contributed by atoms with van der Waals surface area (Å²) in [6.07, 6.45) is -0.478. The van der Waals surface area contributed by atoms with E-state index in [1.54, 1.807) is 0 Å². The fourth-order valence-electron chi connectivity index (χ4n) is 0.547. The van der Waals surface area contributed by atoms with Crippen LogP contribution in [0, 0.1) is 0 Å². The molecule has 6 heteroatoms. The molecule has 0 aromatic heterocycles. The molecule has 0 aliphatic carbocycles. The summed E-state index contributed by atoms with van der Waals surface area (Å²) < 4.78 is 4.68. The standard InChI is InChI=1S/C8H10Cl2O4/c1-5(3-6(11)12)7(13)14-8(2,10)4-9/h1,3-4H2,2H3,(H,11,12). The van der Waals surface area contributed by atoms with Crippen LogP contribution in [-0.4, -0.2) is 28.0 Å². The summed E-state index contributed by atoms with van der Waals surface area (Å²) in [6, 6.07) is 0. The van der Waals surface area contributed by atoms with Crippen molar-refractivity contribution < 1.29 is 19.4 Å². The molecule has 1 N–H and O–H groups in total. The molecule has 4 nitrogen and oxygen atoms in total. The van der Waals surface area contributed by atoms with E-state index in [9.17, 15) is 9.59 Å². The van der Waals surface area contributed by atoms with E-state index in [2.05, 4.69) is 11.3 Å². The molecule has 0 radical (unpaired) electrons. The van der Waals surface area contributed by atoms with Gasteiger partial charge in [-0.15, -0.1) is 11.6 Å². The van der Waals surface area contributed by atoms with E-state index in [4.69, 9.17) is 28.3 Å². The van der Waals surface area contributed by atoms with Crippen LogP contribution in [0.4, 0.5) is 0 Å². The quantitative estimate of drug-likeness (QED) is 0.452. The topological polar surface area (TPSA) is 63.6 Å². The molecule has 0 heterocycles. The van der Waals surface area contributed by atoms with Crippen LogP contribution in [0.2, 0.25) is 0 Å². The first-order chi connectivity index (χ1) is 6.28. The van der Waals surface area contributed by atoms with E-state index in [0.29, 0.717) is 0 Å². The number of halogens is 2. The van der Waals surface area contributed by atoms with Gasteiger partial charge < -0.3 is 9.84 Å². The van der Waals surface area contributed by atoms with Crippen molar-refractivity contribution in [2.75, 3.05) is 5.88 Å². The highest BCUT2D eigenvalue weighted by atomic mass is 35.5. The minimum atomic E-state index is -1.33. The molecule has 0 aromatic rings. The summed E-state index contributed by atoms with van der Waals surface area (Å²) in [5.74, 6) is -2.11. The van der Waals surface area contributed by atoms with Gasteiger partial charge in [0.2, 0.25) is 0 Å². The fourth-order valence-corrected chi connectivity index (χ4v) is 0.672. The van der Waals surface area contributed by atoms with Gasteiger partial charge in [0, 0.05) is 5.57 Å². The van der Waals surface area contributed by atoms with Crippen molar-refractivity contribution in [3.63, 3.8) is 0 Å². The van der Waals surface area contributed by atoms with Crippen molar-refractivity contribution >= 4 is 35.1 Å². The number of hydrogen-bond acceptors (Lipinski definition) is 3. The third kappa shape index (κ3) is 5.09. The summed E-state index contributed by atoms with van der Waals surface area (Å²) in [4.78, 5) is 21.3. The van der Waals surface area contributed by atoms with Crippen LogP contribution >= 0.6 is 23.2 Å². The van der Waals surface area contributed by atoms with Gasteiger partial charge in [0.25, 0.3) is 0 Å². The lowest BCUT2D eigenvalue weighted by molar-refractivity contribution is -0.147. The zero-order chi connectivity index (χ0) is 11.4. The molecule has 0 saturated heterocycles. The molecule has 0 aliphatic heterocycles. The molecule has 80 valence electrons. The van der Waals surface area contributed by atoms with E-state index >= 15 is 0 Å².